The molecule has 0 N–H and O–H groups in total. The molecule has 20 heavy (non-hydrogen) atoms. The monoisotopic (exact) mass is 274 g/mol. The maximum atomic E-state index is 11.9. The van der Waals surface area contributed by atoms with E-state index < -0.39 is 0 Å². The Bertz CT molecular complexity index is 469. The highest BCUT2D eigenvalue weighted by Gasteiger charge is 2.22. The second-order valence-electron chi connectivity index (χ2n) is 5.53. The van der Waals surface area contributed by atoms with Gasteiger partial charge >= 0.3 is 5.97 Å². The summed E-state index contributed by atoms with van der Waals surface area (Å²) in [6.45, 7) is 0.960. The average Bonchev–Trinajstić information content (AvgIpc) is 2.46. The Morgan fingerprint density at radius 3 is 2.75 bits per heavy atom. The van der Waals surface area contributed by atoms with Crippen LogP contribution in [0.4, 0.5) is 0 Å². The molecule has 0 aromatic heterocycles. The Kier molecular flexibility index (Phi) is 5.30. The smallest absolute Gasteiger partial charge is 0.313 e. The molecule has 1 fully saturated rings. The van der Waals surface area contributed by atoms with E-state index in [0.29, 0.717) is 11.5 Å². The van der Waals surface area contributed by atoms with E-state index >= 15 is 0 Å². The molecule has 1 atom stereocenters. The normalized spacial score (nSPS) is 21.1. The number of nitrogens with zero attached hydrogens (tertiary/aromatic N) is 2. The van der Waals surface area contributed by atoms with Crippen LogP contribution in [-0.2, 0) is 4.84 Å². The second-order valence-corrected chi connectivity index (χ2v) is 5.53. The van der Waals surface area contributed by atoms with E-state index in [2.05, 4.69) is 24.2 Å². The van der Waals surface area contributed by atoms with Gasteiger partial charge in [0.25, 0.3) is 0 Å². The molecule has 1 aromatic rings. The lowest BCUT2D eigenvalue weighted by molar-refractivity contribution is 0.0511. The molecule has 1 aliphatic carbocycles. The topological polar surface area (TPSA) is 41.9 Å². The van der Waals surface area contributed by atoms with Crippen LogP contribution in [0.3, 0.4) is 0 Å². The van der Waals surface area contributed by atoms with Gasteiger partial charge in [0.2, 0.25) is 0 Å². The van der Waals surface area contributed by atoms with Gasteiger partial charge in [-0.3, -0.25) is 0 Å². The first-order valence-electron chi connectivity index (χ1n) is 7.14. The third-order valence-electron chi connectivity index (χ3n) is 3.55. The first kappa shape index (κ1) is 14.7. The molecular weight excluding hydrogens is 252 g/mol. The van der Waals surface area contributed by atoms with Gasteiger partial charge < -0.3 is 9.74 Å². The standard InChI is InChI=1S/C16H22N2O2/c1-18(2)12-14-10-6-7-11-15(14)17-20-16(19)13-8-4-3-5-9-13/h3-5,8-9,14H,6-7,10-12H2,1-2H3/b17-15+/t14-/m0/s1. The van der Waals surface area contributed by atoms with E-state index in [-0.39, 0.29) is 5.97 Å². The zero-order valence-corrected chi connectivity index (χ0v) is 12.2. The molecule has 0 bridgehead atoms. The predicted molar refractivity (Wildman–Crippen MR) is 79.8 cm³/mol. The summed E-state index contributed by atoms with van der Waals surface area (Å²) < 4.78 is 0. The lowest BCUT2D eigenvalue weighted by atomic mass is 9.87. The van der Waals surface area contributed by atoms with Crippen LogP contribution in [0.25, 0.3) is 0 Å². The molecular formula is C16H22N2O2. The molecule has 0 aliphatic heterocycles. The van der Waals surface area contributed by atoms with Crippen LogP contribution in [0.5, 0.6) is 0 Å². The lowest BCUT2D eigenvalue weighted by Gasteiger charge is -2.25. The molecule has 4 nitrogen and oxygen atoms in total. The number of carbonyl (C=O) groups is 1. The molecule has 0 unspecified atom stereocenters. The number of oxime groups is 1. The first-order chi connectivity index (χ1) is 9.66. The lowest BCUT2D eigenvalue weighted by Crippen LogP contribution is -2.30. The molecule has 0 saturated heterocycles. The number of rotatable bonds is 4. The zero-order valence-electron chi connectivity index (χ0n) is 12.2. The fraction of sp³-hybridized carbons (Fsp3) is 0.500. The molecule has 1 saturated carbocycles. The van der Waals surface area contributed by atoms with Crippen molar-refractivity contribution in [1.29, 1.82) is 0 Å². The highest BCUT2D eigenvalue weighted by Crippen LogP contribution is 2.22. The van der Waals surface area contributed by atoms with Gasteiger partial charge in [0.05, 0.1) is 11.3 Å². The van der Waals surface area contributed by atoms with E-state index in [1.165, 1.54) is 6.42 Å². The van der Waals surface area contributed by atoms with E-state index in [4.69, 9.17) is 4.84 Å². The zero-order chi connectivity index (χ0) is 14.4. The summed E-state index contributed by atoms with van der Waals surface area (Å²) in [5, 5.41) is 4.13. The SMILES string of the molecule is CN(C)C[C@@H]1CCCC/C1=N\OC(=O)c1ccccc1. The van der Waals surface area contributed by atoms with Crippen LogP contribution in [-0.4, -0.2) is 37.2 Å². The highest BCUT2D eigenvalue weighted by atomic mass is 16.7. The molecule has 2 rings (SSSR count). The molecule has 0 radical (unpaired) electrons. The van der Waals surface area contributed by atoms with E-state index in [1.807, 2.05) is 18.2 Å². The van der Waals surface area contributed by atoms with Crippen molar-refractivity contribution in [2.24, 2.45) is 11.1 Å². The molecule has 0 spiro atoms. The third kappa shape index (κ3) is 4.17. The fourth-order valence-corrected chi connectivity index (χ4v) is 2.55. The van der Waals surface area contributed by atoms with Gasteiger partial charge in [0.1, 0.15) is 0 Å². The van der Waals surface area contributed by atoms with Crippen LogP contribution in [0.1, 0.15) is 36.0 Å². The summed E-state index contributed by atoms with van der Waals surface area (Å²) in [5.41, 5.74) is 1.56. The summed E-state index contributed by atoms with van der Waals surface area (Å²) in [6, 6.07) is 8.98. The Hall–Kier alpha value is -1.68. The Balaban J connectivity index is 1.99. The molecule has 1 aromatic carbocycles. The summed E-state index contributed by atoms with van der Waals surface area (Å²) in [6.07, 6.45) is 4.41. The summed E-state index contributed by atoms with van der Waals surface area (Å²) in [4.78, 5) is 19.1. The first-order valence-corrected chi connectivity index (χ1v) is 7.14. The van der Waals surface area contributed by atoms with Crippen LogP contribution in [0, 0.1) is 5.92 Å². The molecule has 108 valence electrons. The van der Waals surface area contributed by atoms with Gasteiger partial charge in [0, 0.05) is 12.5 Å². The maximum Gasteiger partial charge on any atom is 0.365 e. The minimum atomic E-state index is -0.382. The second kappa shape index (κ2) is 7.20. The van der Waals surface area contributed by atoms with E-state index in [9.17, 15) is 4.79 Å². The number of hydrogen-bond acceptors (Lipinski definition) is 4. The van der Waals surface area contributed by atoms with Crippen LogP contribution >= 0.6 is 0 Å². The van der Waals surface area contributed by atoms with E-state index in [0.717, 1.165) is 31.5 Å². The quantitative estimate of drug-likeness (QED) is 0.626. The third-order valence-corrected chi connectivity index (χ3v) is 3.55. The van der Waals surface area contributed by atoms with Crippen molar-refractivity contribution in [2.45, 2.75) is 25.7 Å². The summed E-state index contributed by atoms with van der Waals surface area (Å²) >= 11 is 0. The highest BCUT2D eigenvalue weighted by molar-refractivity contribution is 5.91. The number of carbonyl (C=O) groups excluding carboxylic acids is 1. The van der Waals surface area contributed by atoms with Crippen molar-refractivity contribution >= 4 is 11.7 Å². The van der Waals surface area contributed by atoms with Crippen molar-refractivity contribution < 1.29 is 9.63 Å². The van der Waals surface area contributed by atoms with Gasteiger partial charge in [-0.1, -0.05) is 29.8 Å². The largest absolute Gasteiger partial charge is 0.365 e. The van der Waals surface area contributed by atoms with Gasteiger partial charge in [-0.2, -0.15) is 0 Å². The molecule has 1 aliphatic rings. The van der Waals surface area contributed by atoms with Crippen LogP contribution in [0.2, 0.25) is 0 Å². The fourth-order valence-electron chi connectivity index (χ4n) is 2.55. The van der Waals surface area contributed by atoms with Crippen LogP contribution in [0.15, 0.2) is 35.5 Å². The van der Waals surface area contributed by atoms with Gasteiger partial charge in [0.15, 0.2) is 0 Å². The van der Waals surface area contributed by atoms with Crippen molar-refractivity contribution in [3.8, 4) is 0 Å². The predicted octanol–water partition coefficient (Wildman–Crippen LogP) is 2.95. The Morgan fingerprint density at radius 1 is 1.30 bits per heavy atom. The molecule has 0 heterocycles. The maximum absolute atomic E-state index is 11.9. The summed E-state index contributed by atoms with van der Waals surface area (Å²) in [5.74, 6) is 0.0228. The van der Waals surface area contributed by atoms with Gasteiger partial charge in [-0.05, 0) is 45.5 Å². The Morgan fingerprint density at radius 2 is 2.05 bits per heavy atom. The average molecular weight is 274 g/mol. The molecule has 4 heteroatoms. The minimum absolute atomic E-state index is 0.382. The Labute approximate surface area is 120 Å². The van der Waals surface area contributed by atoms with Gasteiger partial charge in [-0.15, -0.1) is 0 Å². The van der Waals surface area contributed by atoms with Gasteiger partial charge in [-0.25, -0.2) is 4.79 Å². The van der Waals surface area contributed by atoms with E-state index in [1.54, 1.807) is 12.1 Å². The van der Waals surface area contributed by atoms with Crippen molar-refractivity contribution in [2.75, 3.05) is 20.6 Å². The number of hydrogen-bond donors (Lipinski definition) is 0. The number of benzene rings is 1. The summed E-state index contributed by atoms with van der Waals surface area (Å²) in [7, 11) is 4.12. The van der Waals surface area contributed by atoms with Crippen LogP contribution < -0.4 is 0 Å². The van der Waals surface area contributed by atoms with Crippen molar-refractivity contribution in [3.05, 3.63) is 35.9 Å². The van der Waals surface area contributed by atoms with Crippen molar-refractivity contribution in [3.63, 3.8) is 0 Å². The van der Waals surface area contributed by atoms with Crippen molar-refractivity contribution in [1.82, 2.24) is 4.90 Å². The molecule has 0 amide bonds. The minimum Gasteiger partial charge on any atom is -0.313 e.